The summed E-state index contributed by atoms with van der Waals surface area (Å²) in [5.41, 5.74) is 6.24. The molecule has 0 bridgehead atoms. The van der Waals surface area contributed by atoms with E-state index in [1.165, 1.54) is 22.5 Å². The summed E-state index contributed by atoms with van der Waals surface area (Å²) in [6.07, 6.45) is 1.07. The standard InChI is InChI=1S/C17H25N3/c1-6-15-9-8-10-16(11-15)18-12(3)17-13(4)19-20(7-2)14(17)5/h8-12,18H,6-7H2,1-5H3. The van der Waals surface area contributed by atoms with Crippen molar-refractivity contribution in [3.63, 3.8) is 0 Å². The van der Waals surface area contributed by atoms with Crippen molar-refractivity contribution >= 4 is 5.69 Å². The summed E-state index contributed by atoms with van der Waals surface area (Å²) < 4.78 is 2.07. The smallest absolute Gasteiger partial charge is 0.0649 e. The Bertz CT molecular complexity index is 584. The van der Waals surface area contributed by atoms with E-state index in [-0.39, 0.29) is 6.04 Å². The normalized spacial score (nSPS) is 12.4. The molecule has 20 heavy (non-hydrogen) atoms. The molecule has 0 spiro atoms. The van der Waals surface area contributed by atoms with Crippen LogP contribution in [0.25, 0.3) is 0 Å². The second-order valence-electron chi connectivity index (χ2n) is 5.32. The number of nitrogens with zero attached hydrogens (tertiary/aromatic N) is 2. The minimum Gasteiger partial charge on any atom is -0.378 e. The van der Waals surface area contributed by atoms with Crippen LogP contribution in [0.15, 0.2) is 24.3 Å². The van der Waals surface area contributed by atoms with Crippen LogP contribution in [0, 0.1) is 13.8 Å². The van der Waals surface area contributed by atoms with Gasteiger partial charge < -0.3 is 5.32 Å². The van der Waals surface area contributed by atoms with Crippen LogP contribution < -0.4 is 5.32 Å². The molecule has 1 N–H and O–H groups in total. The van der Waals surface area contributed by atoms with Gasteiger partial charge in [0.05, 0.1) is 11.7 Å². The van der Waals surface area contributed by atoms with E-state index in [0.29, 0.717) is 0 Å². The van der Waals surface area contributed by atoms with Crippen molar-refractivity contribution in [2.75, 3.05) is 5.32 Å². The Labute approximate surface area is 122 Å². The van der Waals surface area contributed by atoms with Crippen molar-refractivity contribution in [2.45, 2.75) is 53.6 Å². The summed E-state index contributed by atoms with van der Waals surface area (Å²) in [4.78, 5) is 0. The first-order chi connectivity index (χ1) is 9.56. The lowest BCUT2D eigenvalue weighted by Crippen LogP contribution is -2.09. The van der Waals surface area contributed by atoms with E-state index in [4.69, 9.17) is 0 Å². The average molecular weight is 271 g/mol. The number of nitrogens with one attached hydrogen (secondary N) is 1. The molecule has 0 aliphatic carbocycles. The van der Waals surface area contributed by atoms with Gasteiger partial charge in [0, 0.05) is 23.5 Å². The number of aromatic nitrogens is 2. The van der Waals surface area contributed by atoms with Crippen LogP contribution in [0.3, 0.4) is 0 Å². The fourth-order valence-electron chi connectivity index (χ4n) is 2.85. The third-order valence-corrected chi connectivity index (χ3v) is 3.89. The quantitative estimate of drug-likeness (QED) is 0.880. The molecule has 0 aliphatic rings. The number of anilines is 1. The second kappa shape index (κ2) is 6.12. The van der Waals surface area contributed by atoms with Gasteiger partial charge in [0.15, 0.2) is 0 Å². The lowest BCUT2D eigenvalue weighted by atomic mass is 10.1. The molecule has 1 atom stereocenters. The highest BCUT2D eigenvalue weighted by molar-refractivity contribution is 5.48. The zero-order valence-electron chi connectivity index (χ0n) is 13.2. The Hall–Kier alpha value is -1.77. The highest BCUT2D eigenvalue weighted by Crippen LogP contribution is 2.25. The predicted molar refractivity (Wildman–Crippen MR) is 85.2 cm³/mol. The monoisotopic (exact) mass is 271 g/mol. The minimum absolute atomic E-state index is 0.266. The summed E-state index contributed by atoms with van der Waals surface area (Å²) in [5.74, 6) is 0. The predicted octanol–water partition coefficient (Wildman–Crippen LogP) is 4.26. The molecule has 0 fully saturated rings. The molecule has 0 aliphatic heterocycles. The molecular weight excluding hydrogens is 246 g/mol. The lowest BCUT2D eigenvalue weighted by molar-refractivity contribution is 0.632. The molecule has 0 saturated heterocycles. The van der Waals surface area contributed by atoms with Gasteiger partial charge in [-0.25, -0.2) is 0 Å². The van der Waals surface area contributed by atoms with Gasteiger partial charge in [0.2, 0.25) is 0 Å². The van der Waals surface area contributed by atoms with Crippen molar-refractivity contribution in [3.05, 3.63) is 46.8 Å². The molecule has 1 aromatic carbocycles. The number of hydrogen-bond donors (Lipinski definition) is 1. The maximum atomic E-state index is 4.60. The zero-order valence-corrected chi connectivity index (χ0v) is 13.2. The molecule has 1 aromatic heterocycles. The van der Waals surface area contributed by atoms with Gasteiger partial charge >= 0.3 is 0 Å². The maximum absolute atomic E-state index is 4.60. The molecule has 0 saturated carbocycles. The Morgan fingerprint density at radius 2 is 2.00 bits per heavy atom. The first-order valence-electron chi connectivity index (χ1n) is 7.46. The molecule has 2 aromatic rings. The van der Waals surface area contributed by atoms with E-state index in [1.54, 1.807) is 0 Å². The summed E-state index contributed by atoms with van der Waals surface area (Å²) >= 11 is 0. The molecule has 0 amide bonds. The summed E-state index contributed by atoms with van der Waals surface area (Å²) in [5, 5.41) is 8.20. The lowest BCUT2D eigenvalue weighted by Gasteiger charge is -2.17. The molecule has 0 radical (unpaired) electrons. The van der Waals surface area contributed by atoms with Gasteiger partial charge in [-0.3, -0.25) is 4.68 Å². The molecule has 108 valence electrons. The van der Waals surface area contributed by atoms with E-state index < -0.39 is 0 Å². The first-order valence-corrected chi connectivity index (χ1v) is 7.46. The Kier molecular flexibility index (Phi) is 4.48. The summed E-state index contributed by atoms with van der Waals surface area (Å²) in [6, 6.07) is 8.91. The van der Waals surface area contributed by atoms with Crippen LogP contribution in [0.1, 0.15) is 49.3 Å². The molecule has 2 rings (SSSR count). The van der Waals surface area contributed by atoms with E-state index in [2.05, 4.69) is 74.0 Å². The third-order valence-electron chi connectivity index (χ3n) is 3.89. The maximum Gasteiger partial charge on any atom is 0.0649 e. The van der Waals surface area contributed by atoms with E-state index in [0.717, 1.165) is 18.7 Å². The topological polar surface area (TPSA) is 29.9 Å². The molecular formula is C17H25N3. The van der Waals surface area contributed by atoms with Gasteiger partial charge in [-0.2, -0.15) is 5.10 Å². The zero-order chi connectivity index (χ0) is 14.7. The number of benzene rings is 1. The van der Waals surface area contributed by atoms with Crippen LogP contribution >= 0.6 is 0 Å². The van der Waals surface area contributed by atoms with Crippen LogP contribution in [0.2, 0.25) is 0 Å². The van der Waals surface area contributed by atoms with E-state index in [9.17, 15) is 0 Å². The summed E-state index contributed by atoms with van der Waals surface area (Å²) in [6.45, 7) is 11.7. The Morgan fingerprint density at radius 3 is 2.60 bits per heavy atom. The average Bonchev–Trinajstić information content (AvgIpc) is 2.73. The Balaban J connectivity index is 2.23. The summed E-state index contributed by atoms with van der Waals surface area (Å²) in [7, 11) is 0. The highest BCUT2D eigenvalue weighted by Gasteiger charge is 2.16. The first kappa shape index (κ1) is 14.6. The largest absolute Gasteiger partial charge is 0.378 e. The highest BCUT2D eigenvalue weighted by atomic mass is 15.3. The third kappa shape index (κ3) is 2.87. The van der Waals surface area contributed by atoms with Crippen LogP contribution in [-0.4, -0.2) is 9.78 Å². The molecule has 3 heteroatoms. The van der Waals surface area contributed by atoms with Crippen LogP contribution in [-0.2, 0) is 13.0 Å². The van der Waals surface area contributed by atoms with Gasteiger partial charge in [-0.15, -0.1) is 0 Å². The van der Waals surface area contributed by atoms with Crippen LogP contribution in [0.4, 0.5) is 5.69 Å². The van der Waals surface area contributed by atoms with Crippen molar-refractivity contribution in [1.29, 1.82) is 0 Å². The van der Waals surface area contributed by atoms with Gasteiger partial charge in [-0.05, 0) is 51.8 Å². The van der Waals surface area contributed by atoms with Gasteiger partial charge in [0.1, 0.15) is 0 Å². The van der Waals surface area contributed by atoms with Crippen LogP contribution in [0.5, 0.6) is 0 Å². The van der Waals surface area contributed by atoms with Gasteiger partial charge in [0.25, 0.3) is 0 Å². The fourth-order valence-corrected chi connectivity index (χ4v) is 2.85. The van der Waals surface area contributed by atoms with E-state index in [1.807, 2.05) is 0 Å². The van der Waals surface area contributed by atoms with Gasteiger partial charge in [-0.1, -0.05) is 19.1 Å². The fraction of sp³-hybridized carbons (Fsp3) is 0.471. The van der Waals surface area contributed by atoms with Crippen molar-refractivity contribution in [2.24, 2.45) is 0 Å². The number of rotatable bonds is 5. The van der Waals surface area contributed by atoms with Crippen molar-refractivity contribution in [1.82, 2.24) is 9.78 Å². The van der Waals surface area contributed by atoms with Crippen molar-refractivity contribution < 1.29 is 0 Å². The SMILES string of the molecule is CCc1cccc(NC(C)c2c(C)nn(CC)c2C)c1. The second-order valence-corrected chi connectivity index (χ2v) is 5.32. The van der Waals surface area contributed by atoms with Crippen molar-refractivity contribution in [3.8, 4) is 0 Å². The Morgan fingerprint density at radius 1 is 1.25 bits per heavy atom. The molecule has 3 nitrogen and oxygen atoms in total. The van der Waals surface area contributed by atoms with E-state index >= 15 is 0 Å². The molecule has 1 heterocycles. The molecule has 1 unspecified atom stereocenters. The number of hydrogen-bond acceptors (Lipinski definition) is 2. The minimum atomic E-state index is 0.266. The number of aryl methyl sites for hydroxylation is 3.